The molecule has 7 nitrogen and oxygen atoms in total. The first-order valence-corrected chi connectivity index (χ1v) is 7.52. The zero-order valence-corrected chi connectivity index (χ0v) is 11.8. The Morgan fingerprint density at radius 2 is 1.81 bits per heavy atom. The summed E-state index contributed by atoms with van der Waals surface area (Å²) >= 11 is 0. The standard InChI is InChI=1S/C13H14N4O3S/c14-13(18)10-3-6-12(17-8-10)16-7-9-1-4-11(5-2-9)21(15,19)20/h1-6,8H,7H2,(H2,14,18)(H,16,17)(H2,15,19,20). The first-order valence-electron chi connectivity index (χ1n) is 5.98. The van der Waals surface area contributed by atoms with Gasteiger partial charge in [0.2, 0.25) is 15.9 Å². The number of amides is 1. The third-order valence-corrected chi connectivity index (χ3v) is 3.70. The van der Waals surface area contributed by atoms with Gasteiger partial charge in [-0.2, -0.15) is 0 Å². The molecule has 5 N–H and O–H groups in total. The smallest absolute Gasteiger partial charge is 0.250 e. The lowest BCUT2D eigenvalue weighted by atomic mass is 10.2. The Hall–Kier alpha value is -2.45. The average Bonchev–Trinajstić information content (AvgIpc) is 2.45. The third kappa shape index (κ3) is 4.01. The fraction of sp³-hybridized carbons (Fsp3) is 0.0769. The minimum Gasteiger partial charge on any atom is -0.366 e. The summed E-state index contributed by atoms with van der Waals surface area (Å²) in [6.45, 7) is 0.452. The van der Waals surface area contributed by atoms with Crippen LogP contribution in [0.1, 0.15) is 15.9 Å². The lowest BCUT2D eigenvalue weighted by Crippen LogP contribution is -2.12. The van der Waals surface area contributed by atoms with Gasteiger partial charge in [0, 0.05) is 12.7 Å². The molecule has 0 aliphatic rings. The predicted molar refractivity (Wildman–Crippen MR) is 77.9 cm³/mol. The van der Waals surface area contributed by atoms with Crippen molar-refractivity contribution in [2.24, 2.45) is 10.9 Å². The van der Waals surface area contributed by atoms with Crippen LogP contribution in [0, 0.1) is 0 Å². The van der Waals surface area contributed by atoms with Crippen LogP contribution in [-0.4, -0.2) is 19.3 Å². The summed E-state index contributed by atoms with van der Waals surface area (Å²) in [5.41, 5.74) is 6.32. The number of nitrogens with zero attached hydrogens (tertiary/aromatic N) is 1. The lowest BCUT2D eigenvalue weighted by molar-refractivity contribution is 0.1000. The molecule has 2 rings (SSSR count). The molecule has 1 aromatic carbocycles. The number of nitrogens with two attached hydrogens (primary N) is 2. The largest absolute Gasteiger partial charge is 0.366 e. The molecule has 1 aromatic heterocycles. The van der Waals surface area contributed by atoms with E-state index in [9.17, 15) is 13.2 Å². The molecule has 8 heteroatoms. The van der Waals surface area contributed by atoms with E-state index in [1.807, 2.05) is 0 Å². The normalized spacial score (nSPS) is 11.1. The highest BCUT2D eigenvalue weighted by Gasteiger charge is 2.06. The molecule has 0 aliphatic heterocycles. The van der Waals surface area contributed by atoms with Gasteiger partial charge in [-0.25, -0.2) is 18.5 Å². The number of carbonyl (C=O) groups excluding carboxylic acids is 1. The van der Waals surface area contributed by atoms with Crippen molar-refractivity contribution in [2.45, 2.75) is 11.4 Å². The molecule has 0 aliphatic carbocycles. The maximum atomic E-state index is 11.1. The number of hydrogen-bond acceptors (Lipinski definition) is 5. The second-order valence-electron chi connectivity index (χ2n) is 4.34. The number of anilines is 1. The molecule has 110 valence electrons. The van der Waals surface area contributed by atoms with E-state index in [2.05, 4.69) is 10.3 Å². The maximum Gasteiger partial charge on any atom is 0.250 e. The van der Waals surface area contributed by atoms with Crippen LogP contribution < -0.4 is 16.2 Å². The van der Waals surface area contributed by atoms with E-state index in [0.29, 0.717) is 17.9 Å². The van der Waals surface area contributed by atoms with E-state index in [-0.39, 0.29) is 4.90 Å². The summed E-state index contributed by atoms with van der Waals surface area (Å²) in [5, 5.41) is 8.06. The Labute approximate surface area is 122 Å². The van der Waals surface area contributed by atoms with Gasteiger partial charge in [0.15, 0.2) is 0 Å². The summed E-state index contributed by atoms with van der Waals surface area (Å²) in [6.07, 6.45) is 1.38. The van der Waals surface area contributed by atoms with E-state index in [1.165, 1.54) is 18.3 Å². The number of primary amides is 1. The van der Waals surface area contributed by atoms with Gasteiger partial charge in [-0.3, -0.25) is 4.79 Å². The third-order valence-electron chi connectivity index (χ3n) is 2.77. The van der Waals surface area contributed by atoms with Crippen molar-refractivity contribution in [3.63, 3.8) is 0 Å². The second-order valence-corrected chi connectivity index (χ2v) is 5.90. The number of rotatable bonds is 5. The fourth-order valence-electron chi connectivity index (χ4n) is 1.63. The summed E-state index contributed by atoms with van der Waals surface area (Å²) in [6, 6.07) is 9.40. The van der Waals surface area contributed by atoms with Gasteiger partial charge in [0.1, 0.15) is 5.82 Å². The number of sulfonamides is 1. The predicted octanol–water partition coefficient (Wildman–Crippen LogP) is 0.440. The van der Waals surface area contributed by atoms with Crippen LogP contribution in [0.4, 0.5) is 5.82 Å². The van der Waals surface area contributed by atoms with Crippen LogP contribution >= 0.6 is 0 Å². The highest BCUT2D eigenvalue weighted by atomic mass is 32.2. The lowest BCUT2D eigenvalue weighted by Gasteiger charge is -2.06. The molecule has 21 heavy (non-hydrogen) atoms. The summed E-state index contributed by atoms with van der Waals surface area (Å²) in [7, 11) is -3.68. The first kappa shape index (κ1) is 14.9. The number of primary sulfonamides is 1. The number of aromatic nitrogens is 1. The number of hydrogen-bond donors (Lipinski definition) is 3. The van der Waals surface area contributed by atoms with Crippen LogP contribution in [0.5, 0.6) is 0 Å². The monoisotopic (exact) mass is 306 g/mol. The van der Waals surface area contributed by atoms with E-state index in [1.54, 1.807) is 24.3 Å². The highest BCUT2D eigenvalue weighted by molar-refractivity contribution is 7.89. The van der Waals surface area contributed by atoms with Crippen molar-refractivity contribution in [2.75, 3.05) is 5.32 Å². The van der Waals surface area contributed by atoms with Crippen molar-refractivity contribution in [1.29, 1.82) is 0 Å². The molecule has 0 unspecified atom stereocenters. The number of carbonyl (C=O) groups is 1. The molecule has 0 spiro atoms. The van der Waals surface area contributed by atoms with Gasteiger partial charge in [-0.05, 0) is 29.8 Å². The summed E-state index contributed by atoms with van der Waals surface area (Å²) in [5.74, 6) is 0.0446. The minimum atomic E-state index is -3.68. The Morgan fingerprint density at radius 3 is 2.29 bits per heavy atom. The second kappa shape index (κ2) is 5.90. The molecule has 0 fully saturated rings. The fourth-order valence-corrected chi connectivity index (χ4v) is 2.15. The Kier molecular flexibility index (Phi) is 4.20. The molecule has 0 saturated carbocycles. The summed E-state index contributed by atoms with van der Waals surface area (Å²) < 4.78 is 22.2. The molecule has 0 atom stereocenters. The zero-order valence-electron chi connectivity index (χ0n) is 11.0. The Morgan fingerprint density at radius 1 is 1.14 bits per heavy atom. The average molecular weight is 306 g/mol. The van der Waals surface area contributed by atoms with Gasteiger partial charge in [-0.15, -0.1) is 0 Å². The van der Waals surface area contributed by atoms with E-state index >= 15 is 0 Å². The van der Waals surface area contributed by atoms with E-state index in [4.69, 9.17) is 10.9 Å². The number of benzene rings is 1. The minimum absolute atomic E-state index is 0.0650. The molecular weight excluding hydrogens is 292 g/mol. The van der Waals surface area contributed by atoms with Gasteiger partial charge in [0.05, 0.1) is 10.5 Å². The number of nitrogens with one attached hydrogen (secondary N) is 1. The van der Waals surface area contributed by atoms with Gasteiger partial charge >= 0.3 is 0 Å². The van der Waals surface area contributed by atoms with Gasteiger partial charge < -0.3 is 11.1 Å². The van der Waals surface area contributed by atoms with Crippen molar-refractivity contribution in [1.82, 2.24) is 4.98 Å². The Bertz CT molecular complexity index is 740. The van der Waals surface area contributed by atoms with Gasteiger partial charge in [0.25, 0.3) is 0 Å². The zero-order chi connectivity index (χ0) is 15.5. The SMILES string of the molecule is NC(=O)c1ccc(NCc2ccc(S(N)(=O)=O)cc2)nc1. The highest BCUT2D eigenvalue weighted by Crippen LogP contribution is 2.11. The van der Waals surface area contributed by atoms with Crippen molar-refractivity contribution >= 4 is 21.7 Å². The molecule has 0 saturated heterocycles. The quantitative estimate of drug-likeness (QED) is 0.738. The Balaban J connectivity index is 2.01. The van der Waals surface area contributed by atoms with Crippen LogP contribution in [0.15, 0.2) is 47.5 Å². The van der Waals surface area contributed by atoms with Gasteiger partial charge in [-0.1, -0.05) is 12.1 Å². The molecule has 0 radical (unpaired) electrons. The molecule has 2 aromatic rings. The van der Waals surface area contributed by atoms with Crippen molar-refractivity contribution in [3.05, 3.63) is 53.7 Å². The van der Waals surface area contributed by atoms with Crippen LogP contribution in [0.3, 0.4) is 0 Å². The molecular formula is C13H14N4O3S. The molecule has 0 bridgehead atoms. The van der Waals surface area contributed by atoms with Crippen LogP contribution in [0.25, 0.3) is 0 Å². The maximum absolute atomic E-state index is 11.1. The van der Waals surface area contributed by atoms with E-state index in [0.717, 1.165) is 5.56 Å². The van der Waals surface area contributed by atoms with Crippen molar-refractivity contribution in [3.8, 4) is 0 Å². The molecule has 1 amide bonds. The first-order chi connectivity index (χ1) is 9.86. The van der Waals surface area contributed by atoms with Crippen molar-refractivity contribution < 1.29 is 13.2 Å². The topological polar surface area (TPSA) is 128 Å². The van der Waals surface area contributed by atoms with E-state index < -0.39 is 15.9 Å². The van der Waals surface area contributed by atoms with Crippen LogP contribution in [0.2, 0.25) is 0 Å². The summed E-state index contributed by atoms with van der Waals surface area (Å²) in [4.78, 5) is 15.0. The molecule has 1 heterocycles. The number of pyridine rings is 1. The van der Waals surface area contributed by atoms with Crippen LogP contribution in [-0.2, 0) is 16.6 Å².